The van der Waals surface area contributed by atoms with Crippen LogP contribution >= 0.6 is 0 Å². The number of nitrogens with zero attached hydrogens (tertiary/aromatic N) is 1. The molecule has 104 valence electrons. The normalized spacial score (nSPS) is 14.4. The van der Waals surface area contributed by atoms with Gasteiger partial charge in [0.25, 0.3) is 0 Å². The highest BCUT2D eigenvalue weighted by Gasteiger charge is 2.16. The molecule has 0 amide bonds. The molecule has 3 rings (SSSR count). The molecule has 0 spiro atoms. The lowest BCUT2D eigenvalue weighted by Gasteiger charge is -2.31. The molecule has 0 aromatic heterocycles. The molecule has 1 heterocycles. The Bertz CT molecular complexity index is 599. The number of nitrogens with two attached hydrogens (primary N) is 1. The van der Waals surface area contributed by atoms with Gasteiger partial charge in [0.1, 0.15) is 0 Å². The molecule has 2 heteroatoms. The van der Waals surface area contributed by atoms with E-state index in [0.29, 0.717) is 5.92 Å². The van der Waals surface area contributed by atoms with E-state index in [1.807, 2.05) is 6.07 Å². The summed E-state index contributed by atoms with van der Waals surface area (Å²) < 4.78 is 0. The molecule has 2 aromatic rings. The second-order valence-corrected chi connectivity index (χ2v) is 5.95. The zero-order valence-electron chi connectivity index (χ0n) is 12.3. The maximum Gasteiger partial charge on any atom is 0.0433 e. The summed E-state index contributed by atoms with van der Waals surface area (Å²) in [5.74, 6) is 0.589. The van der Waals surface area contributed by atoms with Gasteiger partial charge in [-0.3, -0.25) is 0 Å². The molecule has 0 atom stereocenters. The molecule has 2 aromatic carbocycles. The second kappa shape index (κ2) is 5.20. The van der Waals surface area contributed by atoms with Crippen LogP contribution in [0, 0.1) is 0 Å². The summed E-state index contributed by atoms with van der Waals surface area (Å²) in [5.41, 5.74) is 12.3. The Kier molecular flexibility index (Phi) is 3.39. The van der Waals surface area contributed by atoms with Gasteiger partial charge in [-0.25, -0.2) is 0 Å². The summed E-state index contributed by atoms with van der Waals surface area (Å²) in [6, 6.07) is 15.3. The SMILES string of the molecule is CC(C)c1ccc(N2CCc3ccc(N)cc3C2)cc1. The third kappa shape index (κ3) is 2.51. The van der Waals surface area contributed by atoms with Crippen molar-refractivity contribution in [1.29, 1.82) is 0 Å². The second-order valence-electron chi connectivity index (χ2n) is 5.95. The molecule has 0 aliphatic carbocycles. The first-order valence-corrected chi connectivity index (χ1v) is 7.35. The maximum atomic E-state index is 5.90. The summed E-state index contributed by atoms with van der Waals surface area (Å²) in [7, 11) is 0. The number of hydrogen-bond donors (Lipinski definition) is 1. The number of nitrogen functional groups attached to an aromatic ring is 1. The first-order valence-electron chi connectivity index (χ1n) is 7.35. The van der Waals surface area contributed by atoms with Crippen LogP contribution in [0.2, 0.25) is 0 Å². The van der Waals surface area contributed by atoms with Crippen LogP contribution in [-0.2, 0) is 13.0 Å². The third-order valence-electron chi connectivity index (χ3n) is 4.17. The van der Waals surface area contributed by atoms with Crippen molar-refractivity contribution in [3.05, 3.63) is 59.2 Å². The van der Waals surface area contributed by atoms with Crippen LogP contribution in [0.15, 0.2) is 42.5 Å². The van der Waals surface area contributed by atoms with Gasteiger partial charge < -0.3 is 10.6 Å². The minimum Gasteiger partial charge on any atom is -0.399 e. The van der Waals surface area contributed by atoms with Crippen LogP contribution in [0.25, 0.3) is 0 Å². The Labute approximate surface area is 121 Å². The number of hydrogen-bond acceptors (Lipinski definition) is 2. The Balaban J connectivity index is 1.82. The van der Waals surface area contributed by atoms with E-state index in [1.165, 1.54) is 22.4 Å². The molecule has 0 radical (unpaired) electrons. The average molecular weight is 266 g/mol. The number of fused-ring (bicyclic) bond motifs is 1. The van der Waals surface area contributed by atoms with Gasteiger partial charge in [0.05, 0.1) is 0 Å². The summed E-state index contributed by atoms with van der Waals surface area (Å²) in [4.78, 5) is 2.44. The zero-order chi connectivity index (χ0) is 14.1. The van der Waals surface area contributed by atoms with Crippen LogP contribution in [0.1, 0.15) is 36.5 Å². The highest BCUT2D eigenvalue weighted by Crippen LogP contribution is 2.27. The Morgan fingerprint density at radius 2 is 1.75 bits per heavy atom. The minimum absolute atomic E-state index is 0.589. The lowest BCUT2D eigenvalue weighted by molar-refractivity contribution is 0.731. The van der Waals surface area contributed by atoms with Crippen molar-refractivity contribution in [3.63, 3.8) is 0 Å². The van der Waals surface area contributed by atoms with E-state index in [-0.39, 0.29) is 0 Å². The molecule has 1 aliphatic rings. The van der Waals surface area contributed by atoms with Crippen molar-refractivity contribution >= 4 is 11.4 Å². The molecule has 2 nitrogen and oxygen atoms in total. The van der Waals surface area contributed by atoms with Crippen molar-refractivity contribution in [2.24, 2.45) is 0 Å². The summed E-state index contributed by atoms with van der Waals surface area (Å²) in [6.07, 6.45) is 1.10. The first kappa shape index (κ1) is 13.0. The van der Waals surface area contributed by atoms with Gasteiger partial charge in [0, 0.05) is 24.5 Å². The topological polar surface area (TPSA) is 29.3 Å². The molecule has 0 fully saturated rings. The fraction of sp³-hybridized carbons (Fsp3) is 0.333. The maximum absolute atomic E-state index is 5.90. The molecule has 0 saturated carbocycles. The van der Waals surface area contributed by atoms with Gasteiger partial charge in [-0.05, 0) is 53.3 Å². The van der Waals surface area contributed by atoms with Crippen molar-refractivity contribution in [1.82, 2.24) is 0 Å². The van der Waals surface area contributed by atoms with Gasteiger partial charge in [0.2, 0.25) is 0 Å². The van der Waals surface area contributed by atoms with Crippen LogP contribution in [0.3, 0.4) is 0 Å². The third-order valence-corrected chi connectivity index (χ3v) is 4.17. The summed E-state index contributed by atoms with van der Waals surface area (Å²) >= 11 is 0. The van der Waals surface area contributed by atoms with Gasteiger partial charge in [-0.15, -0.1) is 0 Å². The molecular weight excluding hydrogens is 244 g/mol. The first-order chi connectivity index (χ1) is 9.63. The van der Waals surface area contributed by atoms with Crippen LogP contribution < -0.4 is 10.6 Å². The van der Waals surface area contributed by atoms with Crippen molar-refractivity contribution < 1.29 is 0 Å². The highest BCUT2D eigenvalue weighted by molar-refractivity contribution is 5.53. The highest BCUT2D eigenvalue weighted by atomic mass is 15.1. The minimum atomic E-state index is 0.589. The largest absolute Gasteiger partial charge is 0.399 e. The van der Waals surface area contributed by atoms with E-state index < -0.39 is 0 Å². The van der Waals surface area contributed by atoms with Gasteiger partial charge in [-0.1, -0.05) is 32.0 Å². The van der Waals surface area contributed by atoms with E-state index >= 15 is 0 Å². The molecule has 20 heavy (non-hydrogen) atoms. The molecule has 0 saturated heterocycles. The smallest absolute Gasteiger partial charge is 0.0433 e. The standard InChI is InChI=1S/C18H22N2/c1-13(2)14-4-7-18(8-5-14)20-10-9-15-3-6-17(19)11-16(15)12-20/h3-8,11,13H,9-10,12,19H2,1-2H3. The number of benzene rings is 2. The monoisotopic (exact) mass is 266 g/mol. The fourth-order valence-electron chi connectivity index (χ4n) is 2.87. The summed E-state index contributed by atoms with van der Waals surface area (Å²) in [6.45, 7) is 6.50. The van der Waals surface area contributed by atoms with Crippen molar-refractivity contribution in [2.75, 3.05) is 17.2 Å². The number of anilines is 2. The lowest BCUT2D eigenvalue weighted by Crippen LogP contribution is -2.30. The molecule has 2 N–H and O–H groups in total. The van der Waals surface area contributed by atoms with Gasteiger partial charge >= 0.3 is 0 Å². The van der Waals surface area contributed by atoms with E-state index in [1.54, 1.807) is 0 Å². The molecule has 1 aliphatic heterocycles. The van der Waals surface area contributed by atoms with Crippen LogP contribution in [-0.4, -0.2) is 6.54 Å². The molecular formula is C18H22N2. The number of rotatable bonds is 2. The average Bonchev–Trinajstić information content (AvgIpc) is 2.46. The predicted octanol–water partition coefficient (Wildman–Crippen LogP) is 3.95. The summed E-state index contributed by atoms with van der Waals surface area (Å²) in [5, 5.41) is 0. The quantitative estimate of drug-likeness (QED) is 0.834. The van der Waals surface area contributed by atoms with Gasteiger partial charge in [-0.2, -0.15) is 0 Å². The van der Waals surface area contributed by atoms with Crippen molar-refractivity contribution in [2.45, 2.75) is 32.7 Å². The van der Waals surface area contributed by atoms with E-state index in [4.69, 9.17) is 5.73 Å². The fourth-order valence-corrected chi connectivity index (χ4v) is 2.87. The Morgan fingerprint density at radius 3 is 2.45 bits per heavy atom. The predicted molar refractivity (Wildman–Crippen MR) is 86.1 cm³/mol. The molecule has 0 bridgehead atoms. The Morgan fingerprint density at radius 1 is 1.00 bits per heavy atom. The van der Waals surface area contributed by atoms with Gasteiger partial charge in [0.15, 0.2) is 0 Å². The van der Waals surface area contributed by atoms with Crippen LogP contribution in [0.4, 0.5) is 11.4 Å². The zero-order valence-corrected chi connectivity index (χ0v) is 12.3. The van der Waals surface area contributed by atoms with E-state index in [9.17, 15) is 0 Å². The van der Waals surface area contributed by atoms with Crippen molar-refractivity contribution in [3.8, 4) is 0 Å². The Hall–Kier alpha value is -1.96. The van der Waals surface area contributed by atoms with E-state index in [0.717, 1.165) is 25.2 Å². The van der Waals surface area contributed by atoms with E-state index in [2.05, 4.69) is 55.1 Å². The molecule has 0 unspecified atom stereocenters. The lowest BCUT2D eigenvalue weighted by atomic mass is 9.98. The van der Waals surface area contributed by atoms with Crippen LogP contribution in [0.5, 0.6) is 0 Å².